The van der Waals surface area contributed by atoms with E-state index in [4.69, 9.17) is 4.74 Å². The first-order valence-corrected chi connectivity index (χ1v) is 8.74. The first-order chi connectivity index (χ1) is 11.7. The van der Waals surface area contributed by atoms with Gasteiger partial charge < -0.3 is 20.3 Å². The lowest BCUT2D eigenvalue weighted by Crippen LogP contribution is -2.31. The second kappa shape index (κ2) is 9.93. The van der Waals surface area contributed by atoms with Crippen molar-refractivity contribution in [3.8, 4) is 0 Å². The molecule has 24 heavy (non-hydrogen) atoms. The summed E-state index contributed by atoms with van der Waals surface area (Å²) in [5.41, 5.74) is 1.42. The first-order valence-electron chi connectivity index (χ1n) is 8.74. The number of para-hydroxylation sites is 2. The van der Waals surface area contributed by atoms with Gasteiger partial charge in [-0.05, 0) is 31.4 Å². The number of anilines is 2. The Balaban J connectivity index is 1.77. The summed E-state index contributed by atoms with van der Waals surface area (Å²) in [6, 6.07) is 7.14. The number of hydrogen-bond acceptors (Lipinski definition) is 3. The average molecular weight is 333 g/mol. The van der Waals surface area contributed by atoms with Crippen LogP contribution in [0.15, 0.2) is 24.3 Å². The van der Waals surface area contributed by atoms with E-state index in [0.717, 1.165) is 38.0 Å². The van der Waals surface area contributed by atoms with E-state index in [1.807, 2.05) is 24.3 Å². The van der Waals surface area contributed by atoms with Gasteiger partial charge in [0.2, 0.25) is 5.91 Å². The molecule has 1 aromatic rings. The van der Waals surface area contributed by atoms with E-state index in [-0.39, 0.29) is 11.9 Å². The molecule has 2 N–H and O–H groups in total. The molecule has 0 saturated carbocycles. The third-order valence-corrected chi connectivity index (χ3v) is 3.91. The van der Waals surface area contributed by atoms with Crippen LogP contribution < -0.4 is 15.5 Å². The highest BCUT2D eigenvalue weighted by atomic mass is 16.5. The van der Waals surface area contributed by atoms with Crippen LogP contribution in [0.2, 0.25) is 0 Å². The zero-order chi connectivity index (χ0) is 17.2. The predicted octanol–water partition coefficient (Wildman–Crippen LogP) is 3.14. The minimum absolute atomic E-state index is 0.105. The lowest BCUT2D eigenvalue weighted by molar-refractivity contribution is -0.117. The molecule has 3 amide bonds. The number of hydrogen-bond donors (Lipinski definition) is 2. The third kappa shape index (κ3) is 5.53. The Morgan fingerprint density at radius 2 is 2.04 bits per heavy atom. The molecule has 0 atom stereocenters. The number of unbranched alkanes of at least 4 members (excludes halogenated alkanes) is 1. The fourth-order valence-corrected chi connectivity index (χ4v) is 2.61. The number of nitrogens with one attached hydrogen (secondary N) is 2. The molecule has 0 aliphatic carbocycles. The van der Waals surface area contributed by atoms with Crippen molar-refractivity contribution < 1.29 is 14.3 Å². The fraction of sp³-hybridized carbons (Fsp3) is 0.556. The van der Waals surface area contributed by atoms with E-state index < -0.39 is 0 Å². The lowest BCUT2D eigenvalue weighted by Gasteiger charge is -2.20. The second-order valence-corrected chi connectivity index (χ2v) is 5.87. The number of rotatable bonds is 9. The van der Waals surface area contributed by atoms with E-state index in [1.165, 1.54) is 0 Å². The molecule has 132 valence electrons. The van der Waals surface area contributed by atoms with Gasteiger partial charge in [-0.15, -0.1) is 0 Å². The Morgan fingerprint density at radius 1 is 1.25 bits per heavy atom. The van der Waals surface area contributed by atoms with Crippen LogP contribution in [-0.2, 0) is 9.53 Å². The molecule has 1 aromatic carbocycles. The van der Waals surface area contributed by atoms with Gasteiger partial charge in [0.15, 0.2) is 0 Å². The number of ether oxygens (including phenoxy) is 1. The Morgan fingerprint density at radius 3 is 2.79 bits per heavy atom. The van der Waals surface area contributed by atoms with Gasteiger partial charge in [-0.25, -0.2) is 4.79 Å². The molecule has 2 rings (SSSR count). The highest BCUT2D eigenvalue weighted by molar-refractivity contribution is 6.01. The zero-order valence-corrected chi connectivity index (χ0v) is 14.3. The van der Waals surface area contributed by atoms with E-state index in [2.05, 4.69) is 17.6 Å². The van der Waals surface area contributed by atoms with Crippen molar-refractivity contribution in [2.45, 2.75) is 39.0 Å². The molecule has 1 aliphatic rings. The molecule has 6 heteroatoms. The number of carbonyl (C=O) groups is 2. The fourth-order valence-electron chi connectivity index (χ4n) is 2.61. The summed E-state index contributed by atoms with van der Waals surface area (Å²) in [5, 5.41) is 5.65. The molecule has 1 fully saturated rings. The van der Waals surface area contributed by atoms with Crippen molar-refractivity contribution in [3.63, 3.8) is 0 Å². The van der Waals surface area contributed by atoms with E-state index in [0.29, 0.717) is 31.8 Å². The van der Waals surface area contributed by atoms with Crippen molar-refractivity contribution in [3.05, 3.63) is 24.3 Å². The number of benzene rings is 1. The van der Waals surface area contributed by atoms with E-state index in [9.17, 15) is 9.59 Å². The topological polar surface area (TPSA) is 70.7 Å². The van der Waals surface area contributed by atoms with Crippen LogP contribution in [0.4, 0.5) is 16.2 Å². The summed E-state index contributed by atoms with van der Waals surface area (Å²) < 4.78 is 5.46. The standard InChI is InChI=1S/C18H27N3O3/c1-2-3-13-24-14-7-11-19-18(23)20-15-8-4-5-9-16(15)21-12-6-10-17(21)22/h4-5,8-9H,2-3,6-7,10-14H2,1H3,(H2,19,20,23). The monoisotopic (exact) mass is 333 g/mol. The Labute approximate surface area is 143 Å². The molecule has 6 nitrogen and oxygen atoms in total. The van der Waals surface area contributed by atoms with Crippen LogP contribution >= 0.6 is 0 Å². The van der Waals surface area contributed by atoms with Crippen molar-refractivity contribution in [2.24, 2.45) is 0 Å². The summed E-state index contributed by atoms with van der Waals surface area (Å²) >= 11 is 0. The predicted molar refractivity (Wildman–Crippen MR) is 95.4 cm³/mol. The largest absolute Gasteiger partial charge is 0.381 e. The molecule has 0 spiro atoms. The maximum Gasteiger partial charge on any atom is 0.319 e. The SMILES string of the molecule is CCCCOCCCNC(=O)Nc1ccccc1N1CCCC1=O. The summed E-state index contributed by atoms with van der Waals surface area (Å²) in [6.07, 6.45) is 4.40. The van der Waals surface area contributed by atoms with E-state index in [1.54, 1.807) is 4.90 Å². The second-order valence-electron chi connectivity index (χ2n) is 5.87. The molecule has 0 aromatic heterocycles. The van der Waals surface area contributed by atoms with Crippen molar-refractivity contribution in [1.82, 2.24) is 5.32 Å². The smallest absolute Gasteiger partial charge is 0.319 e. The van der Waals surface area contributed by atoms with Crippen LogP contribution in [0.3, 0.4) is 0 Å². The summed E-state index contributed by atoms with van der Waals surface area (Å²) in [6.45, 7) is 4.82. The molecule has 0 radical (unpaired) electrons. The summed E-state index contributed by atoms with van der Waals surface area (Å²) in [4.78, 5) is 25.7. The van der Waals surface area contributed by atoms with Gasteiger partial charge in [0.25, 0.3) is 0 Å². The number of carbonyl (C=O) groups excluding carboxylic acids is 2. The normalized spacial score (nSPS) is 14.0. The maximum absolute atomic E-state index is 12.0. The highest BCUT2D eigenvalue weighted by Gasteiger charge is 2.24. The Hall–Kier alpha value is -2.08. The van der Waals surface area contributed by atoms with Crippen LogP contribution in [-0.4, -0.2) is 38.2 Å². The maximum atomic E-state index is 12.0. The van der Waals surface area contributed by atoms with Crippen LogP contribution in [0.25, 0.3) is 0 Å². The van der Waals surface area contributed by atoms with Gasteiger partial charge in [0, 0.05) is 32.7 Å². The average Bonchev–Trinajstić information content (AvgIpc) is 3.00. The summed E-state index contributed by atoms with van der Waals surface area (Å²) in [7, 11) is 0. The van der Waals surface area contributed by atoms with Gasteiger partial charge >= 0.3 is 6.03 Å². The molecular weight excluding hydrogens is 306 g/mol. The van der Waals surface area contributed by atoms with Crippen molar-refractivity contribution >= 4 is 23.3 Å². The minimum atomic E-state index is -0.261. The quantitative estimate of drug-likeness (QED) is 0.682. The number of amides is 3. The van der Waals surface area contributed by atoms with Gasteiger partial charge in [0.1, 0.15) is 0 Å². The Kier molecular flexibility index (Phi) is 7.55. The third-order valence-electron chi connectivity index (χ3n) is 3.91. The molecule has 0 unspecified atom stereocenters. The van der Waals surface area contributed by atoms with Crippen LogP contribution in [0.5, 0.6) is 0 Å². The molecule has 1 aliphatic heterocycles. The van der Waals surface area contributed by atoms with Gasteiger partial charge in [-0.2, -0.15) is 0 Å². The van der Waals surface area contributed by atoms with Crippen molar-refractivity contribution in [1.29, 1.82) is 0 Å². The van der Waals surface area contributed by atoms with Crippen LogP contribution in [0.1, 0.15) is 39.0 Å². The van der Waals surface area contributed by atoms with Gasteiger partial charge in [-0.1, -0.05) is 25.5 Å². The molecule has 1 saturated heterocycles. The summed E-state index contributed by atoms with van der Waals surface area (Å²) in [5.74, 6) is 0.105. The number of urea groups is 1. The molecular formula is C18H27N3O3. The Bertz CT molecular complexity index is 548. The van der Waals surface area contributed by atoms with E-state index >= 15 is 0 Å². The molecule has 0 bridgehead atoms. The van der Waals surface area contributed by atoms with Gasteiger partial charge in [0.05, 0.1) is 11.4 Å². The van der Waals surface area contributed by atoms with Crippen molar-refractivity contribution in [2.75, 3.05) is 36.5 Å². The molecule has 1 heterocycles. The first kappa shape index (κ1) is 18.3. The lowest BCUT2D eigenvalue weighted by atomic mass is 10.2. The van der Waals surface area contributed by atoms with Gasteiger partial charge in [-0.3, -0.25) is 4.79 Å². The number of nitrogens with zero attached hydrogens (tertiary/aromatic N) is 1. The van der Waals surface area contributed by atoms with Crippen LogP contribution in [0, 0.1) is 0 Å². The zero-order valence-electron chi connectivity index (χ0n) is 14.3. The minimum Gasteiger partial charge on any atom is -0.381 e. The highest BCUT2D eigenvalue weighted by Crippen LogP contribution is 2.29.